The van der Waals surface area contributed by atoms with E-state index in [4.69, 9.17) is 20.1 Å². The van der Waals surface area contributed by atoms with E-state index in [1.54, 1.807) is 11.3 Å². The van der Waals surface area contributed by atoms with E-state index >= 15 is 0 Å². The second-order valence-electron chi connectivity index (χ2n) is 22.5. The summed E-state index contributed by atoms with van der Waals surface area (Å²) in [5, 5.41) is 13.5. The lowest BCUT2D eigenvalue weighted by molar-refractivity contribution is 0.145. The lowest BCUT2D eigenvalue weighted by Crippen LogP contribution is -2.44. The fourth-order valence-corrected chi connectivity index (χ4v) is 13.5. The highest BCUT2D eigenvalue weighted by atomic mass is 32.1. The van der Waals surface area contributed by atoms with Gasteiger partial charge in [0.25, 0.3) is 0 Å². The Kier molecular flexibility index (Phi) is 16.5. The van der Waals surface area contributed by atoms with Crippen LogP contribution in [-0.2, 0) is 26.4 Å². The highest BCUT2D eigenvalue weighted by Gasteiger charge is 2.31. The summed E-state index contributed by atoms with van der Waals surface area (Å²) in [6, 6.07) is 30.7. The van der Waals surface area contributed by atoms with Crippen molar-refractivity contribution >= 4 is 61.1 Å². The van der Waals surface area contributed by atoms with E-state index in [0.717, 1.165) is 149 Å². The van der Waals surface area contributed by atoms with Crippen LogP contribution in [0.25, 0.3) is 44.1 Å². The number of aromatic nitrogens is 5. The quantitative estimate of drug-likeness (QED) is 0.0866. The molecule has 0 amide bonds. The number of pyridine rings is 2. The molecule has 2 saturated carbocycles. The minimum Gasteiger partial charge on any atom is -0.391 e. The predicted molar refractivity (Wildman–Crippen MR) is 322 cm³/mol. The third-order valence-electron chi connectivity index (χ3n) is 17.0. The van der Waals surface area contributed by atoms with Crippen LogP contribution in [0, 0.1) is 30.6 Å². The summed E-state index contributed by atoms with van der Waals surface area (Å²) in [4.78, 5) is 22.0. The Morgan fingerprint density at radius 2 is 1.55 bits per heavy atom. The second kappa shape index (κ2) is 23.8. The summed E-state index contributed by atoms with van der Waals surface area (Å²) in [5.74, 6) is 6.00. The topological polar surface area (TPSA) is 90.3 Å². The zero-order chi connectivity index (χ0) is 52.9. The van der Waals surface area contributed by atoms with Crippen LogP contribution in [-0.4, -0.2) is 76.5 Å². The van der Waals surface area contributed by atoms with Gasteiger partial charge in [0.1, 0.15) is 11.6 Å². The first-order chi connectivity index (χ1) is 36.9. The zero-order valence-corrected chi connectivity index (χ0v) is 46.8. The molecule has 0 radical (unpaired) electrons. The lowest BCUT2D eigenvalue weighted by Gasteiger charge is -2.37. The van der Waals surface area contributed by atoms with Crippen molar-refractivity contribution in [1.82, 2.24) is 34.9 Å². The fraction of sp³-hybridized carbons (Fsp3) is 0.415. The van der Waals surface area contributed by atoms with Gasteiger partial charge in [-0.15, -0.1) is 6.58 Å². The first-order valence-electron chi connectivity index (χ1n) is 28.1. The van der Waals surface area contributed by atoms with Crippen LogP contribution in [0.4, 0.5) is 16.8 Å². The summed E-state index contributed by atoms with van der Waals surface area (Å²) >= 11 is 1.66. The molecule has 4 aromatic heterocycles. The van der Waals surface area contributed by atoms with E-state index in [0.29, 0.717) is 0 Å². The van der Waals surface area contributed by atoms with Gasteiger partial charge in [-0.25, -0.2) is 15.0 Å². The van der Waals surface area contributed by atoms with E-state index in [2.05, 4.69) is 151 Å². The molecular weight excluding hydrogens is 953 g/mol. The number of piperazine rings is 1. The zero-order valence-electron chi connectivity index (χ0n) is 46.0. The molecule has 1 atom stereocenters. The van der Waals surface area contributed by atoms with Crippen LogP contribution >= 0.6 is 11.3 Å². The Balaban J connectivity index is 0.000000213. The maximum atomic E-state index is 5.19. The SMILES string of the molecule is C=CCCC(C(=C)NC)c1nn(C)c2nc(N3CCN(C)CC3)ccc12.C=Cc1nc(N2CCc3cccc(C(=C)Nc4nc5ccccc5s4)c3C2)ccc1-c1ccc(CC2CCC(CC3CC(C)C3)CC2)cc1C. The van der Waals surface area contributed by atoms with Crippen LogP contribution in [0.2, 0.25) is 0 Å². The largest absolute Gasteiger partial charge is 0.391 e. The Bertz CT molecular complexity index is 3160. The number of likely N-dealkylation sites (N-methyl/N-ethyl adjacent to an activating group) is 2. The van der Waals surface area contributed by atoms with E-state index in [-0.39, 0.29) is 5.92 Å². The molecule has 2 N–H and O–H groups in total. The average molecular weight is 1030 g/mol. The molecule has 3 aromatic carbocycles. The number of aryl methyl sites for hydroxylation is 2. The number of hydrogen-bond acceptors (Lipinski definition) is 10. The van der Waals surface area contributed by atoms with Gasteiger partial charge in [0, 0.05) is 87.2 Å². The molecule has 76 heavy (non-hydrogen) atoms. The Morgan fingerprint density at radius 1 is 0.803 bits per heavy atom. The molecule has 0 spiro atoms. The monoisotopic (exact) mass is 1030 g/mol. The summed E-state index contributed by atoms with van der Waals surface area (Å²) < 4.78 is 3.07. The number of para-hydroxylation sites is 1. The van der Waals surface area contributed by atoms with Crippen molar-refractivity contribution < 1.29 is 0 Å². The minimum absolute atomic E-state index is 0.151. The molecule has 11 rings (SSSR count). The van der Waals surface area contributed by atoms with Gasteiger partial charge in [-0.2, -0.15) is 5.10 Å². The number of allylic oxidation sites excluding steroid dienone is 2. The normalized spacial score (nSPS) is 20.0. The van der Waals surface area contributed by atoms with Crippen molar-refractivity contribution in [3.05, 3.63) is 162 Å². The molecule has 4 aliphatic rings. The van der Waals surface area contributed by atoms with Gasteiger partial charge in [0.05, 0.1) is 21.6 Å². The molecule has 10 nitrogen and oxygen atoms in total. The number of rotatable bonds is 17. The number of nitrogens with zero attached hydrogens (tertiary/aromatic N) is 8. The molecular formula is C65H80N10S. The fourth-order valence-electron chi connectivity index (χ4n) is 12.6. The molecule has 11 heteroatoms. The number of fused-ring (bicyclic) bond motifs is 3. The van der Waals surface area contributed by atoms with Crippen molar-refractivity contribution in [3.63, 3.8) is 0 Å². The van der Waals surface area contributed by atoms with Crippen LogP contribution in [0.5, 0.6) is 0 Å². The maximum absolute atomic E-state index is 5.19. The van der Waals surface area contributed by atoms with Crippen LogP contribution in [0.15, 0.2) is 123 Å². The Labute approximate surface area is 456 Å². The Morgan fingerprint density at radius 3 is 2.29 bits per heavy atom. The van der Waals surface area contributed by atoms with Crippen LogP contribution in [0.1, 0.15) is 110 Å². The van der Waals surface area contributed by atoms with Crippen LogP contribution in [0.3, 0.4) is 0 Å². The van der Waals surface area contributed by atoms with E-state index in [9.17, 15) is 0 Å². The molecule has 3 fully saturated rings. The van der Waals surface area contributed by atoms with Crippen molar-refractivity contribution in [1.29, 1.82) is 0 Å². The van der Waals surface area contributed by atoms with Gasteiger partial charge in [0.2, 0.25) is 0 Å². The van der Waals surface area contributed by atoms with Gasteiger partial charge < -0.3 is 25.3 Å². The molecule has 6 heterocycles. The minimum atomic E-state index is 0.151. The highest BCUT2D eigenvalue weighted by Crippen LogP contribution is 2.43. The van der Waals surface area contributed by atoms with Crippen LogP contribution < -0.4 is 20.4 Å². The smallest absolute Gasteiger partial charge is 0.188 e. The molecule has 1 unspecified atom stereocenters. The van der Waals surface area contributed by atoms with E-state index in [1.807, 2.05) is 37.0 Å². The van der Waals surface area contributed by atoms with Gasteiger partial charge in [-0.3, -0.25) is 4.68 Å². The van der Waals surface area contributed by atoms with Gasteiger partial charge in [-0.1, -0.05) is 105 Å². The third-order valence-corrected chi connectivity index (χ3v) is 18.0. The standard InChI is InChI=1S/C45H50N4S.C20H30N6/c1-5-41-39(37-18-17-34(25-30(37)3)26-32-13-15-33(16-14-32)27-35-23-29(2)24-35)19-20-44(47-41)49-22-21-36-9-8-10-38(40(36)28-49)31(4)46-45-48-42-11-6-7-12-43(42)50-45;1-6-7-8-16(15(2)21-3)19-17-9-10-18(22-20(17)25(5)23-19)26-13-11-24(4)12-14-26/h5-12,17-20,25,29,32-33,35H,1,4,13-16,21-24,26-28H2,2-3H3,(H,46,48);6,9-10,16,21H,1-2,7-8,11-14H2,3-5H3. The maximum Gasteiger partial charge on any atom is 0.188 e. The molecule has 1 saturated heterocycles. The van der Waals surface area contributed by atoms with Gasteiger partial charge >= 0.3 is 0 Å². The number of nitrogens with one attached hydrogen (secondary N) is 2. The Hall–Kier alpha value is -6.56. The van der Waals surface area contributed by atoms with Crippen molar-refractivity contribution in [2.75, 3.05) is 61.9 Å². The first-order valence-corrected chi connectivity index (χ1v) is 28.9. The van der Waals surface area contributed by atoms with Gasteiger partial charge in [0.15, 0.2) is 10.8 Å². The van der Waals surface area contributed by atoms with E-state index < -0.39 is 0 Å². The summed E-state index contributed by atoms with van der Waals surface area (Å²) in [6.45, 7) is 27.2. The summed E-state index contributed by atoms with van der Waals surface area (Å²) in [7, 11) is 6.05. The summed E-state index contributed by atoms with van der Waals surface area (Å²) in [6.07, 6.45) is 18.0. The number of hydrogen-bond donors (Lipinski definition) is 2. The molecule has 2 aliphatic heterocycles. The number of thiazole rings is 1. The highest BCUT2D eigenvalue weighted by molar-refractivity contribution is 7.22. The van der Waals surface area contributed by atoms with Gasteiger partial charge in [-0.05, 0) is 166 Å². The third kappa shape index (κ3) is 11.9. The average Bonchev–Trinajstić information content (AvgIpc) is 4.00. The number of benzene rings is 3. The van der Waals surface area contributed by atoms with E-state index in [1.165, 1.54) is 83.9 Å². The summed E-state index contributed by atoms with van der Waals surface area (Å²) in [5.41, 5.74) is 14.8. The molecule has 396 valence electrons. The van der Waals surface area contributed by atoms with Crippen molar-refractivity contribution in [2.45, 2.75) is 96.9 Å². The van der Waals surface area contributed by atoms with Crippen molar-refractivity contribution in [3.8, 4) is 11.1 Å². The molecule has 0 bridgehead atoms. The first kappa shape index (κ1) is 52.9. The number of anilines is 3. The lowest BCUT2D eigenvalue weighted by atomic mass is 9.68. The molecule has 2 aliphatic carbocycles. The van der Waals surface area contributed by atoms with Crippen molar-refractivity contribution in [2.24, 2.45) is 30.7 Å². The predicted octanol–water partition coefficient (Wildman–Crippen LogP) is 14.2. The molecule has 7 aromatic rings. The second-order valence-corrected chi connectivity index (χ2v) is 23.5.